The van der Waals surface area contributed by atoms with E-state index in [2.05, 4.69) is 13.8 Å². The summed E-state index contributed by atoms with van der Waals surface area (Å²) in [7, 11) is 0. The van der Waals surface area contributed by atoms with Crippen LogP contribution in [0.5, 0.6) is 0 Å². The minimum atomic E-state index is -0.595. The molecule has 50 heavy (non-hydrogen) atoms. The van der Waals surface area contributed by atoms with Crippen molar-refractivity contribution in [2.45, 2.75) is 245 Å². The number of aliphatic hydroxyl groups is 2. The second kappa shape index (κ2) is 35.7. The molecule has 0 aromatic heterocycles. The summed E-state index contributed by atoms with van der Waals surface area (Å²) in [4.78, 5) is 35.9. The Morgan fingerprint density at radius 1 is 0.420 bits per heavy atom. The van der Waals surface area contributed by atoms with Crippen LogP contribution in [0, 0.1) is 0 Å². The summed E-state index contributed by atoms with van der Waals surface area (Å²) in [6, 6.07) is 0. The van der Waals surface area contributed by atoms with Gasteiger partial charge in [0.05, 0.1) is 18.8 Å². The maximum Gasteiger partial charge on any atom is 0.305 e. The lowest BCUT2D eigenvalue weighted by molar-refractivity contribution is -0.156. The van der Waals surface area contributed by atoms with E-state index in [1.54, 1.807) is 13.8 Å². The highest BCUT2D eigenvalue weighted by atomic mass is 16.6. The van der Waals surface area contributed by atoms with E-state index in [0.717, 1.165) is 103 Å². The standard InChI is InChI=1S/C42H80O8/c1-5-9-11-13-18-24-30-36(43)39(50-41(46)8-4)33-27-21-17-22-28-34-42(47)48-35-29-23-16-15-19-25-31-37(44)38(49-40(45)7-3)32-26-20-14-12-10-6-2/h36-39,43-44H,5-35H2,1-4H3. The van der Waals surface area contributed by atoms with Gasteiger partial charge in [-0.1, -0.05) is 150 Å². The number of carbonyl (C=O) groups is 3. The molecule has 4 atom stereocenters. The van der Waals surface area contributed by atoms with Crippen molar-refractivity contribution in [2.24, 2.45) is 0 Å². The maximum atomic E-state index is 12.1. The second-order valence-corrected chi connectivity index (χ2v) is 14.4. The Labute approximate surface area is 307 Å². The van der Waals surface area contributed by atoms with Crippen molar-refractivity contribution in [1.29, 1.82) is 0 Å². The first-order valence-electron chi connectivity index (χ1n) is 21.2. The molecule has 0 aromatic carbocycles. The molecule has 0 aliphatic rings. The first-order valence-corrected chi connectivity index (χ1v) is 21.2. The van der Waals surface area contributed by atoms with E-state index in [-0.39, 0.29) is 24.0 Å². The van der Waals surface area contributed by atoms with Gasteiger partial charge >= 0.3 is 17.9 Å². The SMILES string of the molecule is CCCCCCCCC(O)C(CCCCCCCC(=O)OCCCCCCCCC(O)C(CCCCCCCC)OC(=O)CC)OC(=O)CC. The minimum absolute atomic E-state index is 0.123. The van der Waals surface area contributed by atoms with Gasteiger partial charge in [0, 0.05) is 19.3 Å². The lowest BCUT2D eigenvalue weighted by atomic mass is 9.99. The Kier molecular flexibility index (Phi) is 34.5. The molecule has 0 fully saturated rings. The summed E-state index contributed by atoms with van der Waals surface area (Å²) in [5.41, 5.74) is 0. The number of esters is 3. The fraction of sp³-hybridized carbons (Fsp3) is 0.929. The zero-order valence-corrected chi connectivity index (χ0v) is 33.1. The van der Waals surface area contributed by atoms with Crippen molar-refractivity contribution in [3.8, 4) is 0 Å². The summed E-state index contributed by atoms with van der Waals surface area (Å²) in [5.74, 6) is -0.601. The maximum absolute atomic E-state index is 12.1. The summed E-state index contributed by atoms with van der Waals surface area (Å²) in [6.45, 7) is 8.46. The molecule has 0 bridgehead atoms. The predicted octanol–water partition coefficient (Wildman–Crippen LogP) is 10.9. The average molecular weight is 713 g/mol. The molecule has 4 unspecified atom stereocenters. The van der Waals surface area contributed by atoms with E-state index in [0.29, 0.717) is 45.1 Å². The van der Waals surface area contributed by atoms with Crippen molar-refractivity contribution in [3.05, 3.63) is 0 Å². The van der Waals surface area contributed by atoms with E-state index in [1.807, 2.05) is 0 Å². The number of carbonyl (C=O) groups excluding carboxylic acids is 3. The second-order valence-electron chi connectivity index (χ2n) is 14.4. The van der Waals surface area contributed by atoms with Gasteiger partial charge in [-0.2, -0.15) is 0 Å². The van der Waals surface area contributed by atoms with Gasteiger partial charge in [-0.25, -0.2) is 0 Å². The highest BCUT2D eigenvalue weighted by molar-refractivity contribution is 5.69. The van der Waals surface area contributed by atoms with E-state index >= 15 is 0 Å². The van der Waals surface area contributed by atoms with Crippen molar-refractivity contribution < 1.29 is 38.8 Å². The Balaban J connectivity index is 3.93. The van der Waals surface area contributed by atoms with Gasteiger partial charge in [0.15, 0.2) is 0 Å². The number of hydrogen-bond acceptors (Lipinski definition) is 8. The lowest BCUT2D eigenvalue weighted by Crippen LogP contribution is -2.31. The number of unbranched alkanes of at least 4 members (excludes halogenated alkanes) is 19. The number of aliphatic hydroxyl groups excluding tert-OH is 2. The predicted molar refractivity (Wildman–Crippen MR) is 204 cm³/mol. The van der Waals surface area contributed by atoms with Crippen LogP contribution in [-0.2, 0) is 28.6 Å². The Bertz CT molecular complexity index is 788. The molecule has 0 saturated carbocycles. The van der Waals surface area contributed by atoms with Crippen LogP contribution >= 0.6 is 0 Å². The molecular formula is C42H80O8. The molecule has 2 N–H and O–H groups in total. The molecule has 8 heteroatoms. The van der Waals surface area contributed by atoms with E-state index in [9.17, 15) is 24.6 Å². The van der Waals surface area contributed by atoms with Gasteiger partial charge in [0.25, 0.3) is 0 Å². The molecule has 0 rings (SSSR count). The van der Waals surface area contributed by atoms with Gasteiger partial charge in [-0.15, -0.1) is 0 Å². The summed E-state index contributed by atoms with van der Waals surface area (Å²) in [6.07, 6.45) is 26.6. The van der Waals surface area contributed by atoms with Crippen molar-refractivity contribution in [2.75, 3.05) is 6.61 Å². The molecule has 0 radical (unpaired) electrons. The molecule has 0 heterocycles. The van der Waals surface area contributed by atoms with Crippen LogP contribution in [0.3, 0.4) is 0 Å². The summed E-state index contributed by atoms with van der Waals surface area (Å²) in [5, 5.41) is 21.4. The number of ether oxygens (including phenoxy) is 3. The molecular weight excluding hydrogens is 632 g/mol. The monoisotopic (exact) mass is 713 g/mol. The fourth-order valence-electron chi connectivity index (χ4n) is 6.36. The quantitative estimate of drug-likeness (QED) is 0.0371. The molecule has 0 aliphatic heterocycles. The first-order chi connectivity index (χ1) is 24.3. The van der Waals surface area contributed by atoms with Gasteiger partial charge < -0.3 is 24.4 Å². The topological polar surface area (TPSA) is 119 Å². The molecule has 0 saturated heterocycles. The van der Waals surface area contributed by atoms with Crippen LogP contribution in [0.25, 0.3) is 0 Å². The third kappa shape index (κ3) is 30.0. The Morgan fingerprint density at radius 3 is 1.16 bits per heavy atom. The largest absolute Gasteiger partial charge is 0.466 e. The Morgan fingerprint density at radius 2 is 0.760 bits per heavy atom. The average Bonchev–Trinajstić information content (AvgIpc) is 3.11. The zero-order valence-electron chi connectivity index (χ0n) is 33.1. The number of hydrogen-bond donors (Lipinski definition) is 2. The lowest BCUT2D eigenvalue weighted by Gasteiger charge is -2.23. The molecule has 0 aliphatic carbocycles. The third-order valence-electron chi connectivity index (χ3n) is 9.72. The molecule has 8 nitrogen and oxygen atoms in total. The van der Waals surface area contributed by atoms with Gasteiger partial charge in [0.2, 0.25) is 0 Å². The van der Waals surface area contributed by atoms with Crippen LogP contribution in [0.4, 0.5) is 0 Å². The molecule has 0 aromatic rings. The highest BCUT2D eigenvalue weighted by Crippen LogP contribution is 2.20. The summed E-state index contributed by atoms with van der Waals surface area (Å²) >= 11 is 0. The van der Waals surface area contributed by atoms with Gasteiger partial charge in [-0.05, 0) is 51.4 Å². The molecule has 0 amide bonds. The Hall–Kier alpha value is -1.67. The van der Waals surface area contributed by atoms with Crippen LogP contribution < -0.4 is 0 Å². The number of rotatable bonds is 37. The van der Waals surface area contributed by atoms with Crippen molar-refractivity contribution in [3.63, 3.8) is 0 Å². The van der Waals surface area contributed by atoms with Crippen LogP contribution in [0.2, 0.25) is 0 Å². The van der Waals surface area contributed by atoms with Crippen molar-refractivity contribution >= 4 is 17.9 Å². The third-order valence-corrected chi connectivity index (χ3v) is 9.72. The van der Waals surface area contributed by atoms with Crippen LogP contribution in [0.15, 0.2) is 0 Å². The van der Waals surface area contributed by atoms with Gasteiger partial charge in [-0.3, -0.25) is 14.4 Å². The highest BCUT2D eigenvalue weighted by Gasteiger charge is 2.23. The van der Waals surface area contributed by atoms with Crippen molar-refractivity contribution in [1.82, 2.24) is 0 Å². The van der Waals surface area contributed by atoms with Crippen LogP contribution in [-0.4, -0.2) is 59.1 Å². The fourth-order valence-corrected chi connectivity index (χ4v) is 6.36. The zero-order chi connectivity index (χ0) is 37.1. The summed E-state index contributed by atoms with van der Waals surface area (Å²) < 4.78 is 16.6. The molecule has 0 spiro atoms. The first kappa shape index (κ1) is 48.3. The minimum Gasteiger partial charge on any atom is -0.466 e. The van der Waals surface area contributed by atoms with Gasteiger partial charge in [0.1, 0.15) is 12.2 Å². The van der Waals surface area contributed by atoms with Crippen LogP contribution in [0.1, 0.15) is 220 Å². The normalized spacial score (nSPS) is 13.8. The smallest absolute Gasteiger partial charge is 0.305 e. The van der Waals surface area contributed by atoms with E-state index < -0.39 is 18.3 Å². The molecule has 296 valence electrons. The van der Waals surface area contributed by atoms with E-state index in [1.165, 1.54) is 51.4 Å². The van der Waals surface area contributed by atoms with E-state index in [4.69, 9.17) is 14.2 Å².